The number of rotatable bonds is 4. The highest BCUT2D eigenvalue weighted by molar-refractivity contribution is 6.17. The van der Waals surface area contributed by atoms with E-state index in [-0.39, 0.29) is 24.2 Å². The SMILES string of the molecule is C[C@@H]1CCCC[C@@]12NC(=O)N(CC(=O)c1c(-c3ccccc3)[nH]c3ccccc13)C2=O. The number of aromatic nitrogens is 1. The van der Waals surface area contributed by atoms with Gasteiger partial charge < -0.3 is 10.3 Å². The van der Waals surface area contributed by atoms with E-state index in [2.05, 4.69) is 10.3 Å². The summed E-state index contributed by atoms with van der Waals surface area (Å²) in [5, 5.41) is 3.72. The van der Waals surface area contributed by atoms with Crippen LogP contribution in [-0.4, -0.2) is 39.7 Å². The molecule has 6 nitrogen and oxygen atoms in total. The largest absolute Gasteiger partial charge is 0.354 e. The summed E-state index contributed by atoms with van der Waals surface area (Å²) >= 11 is 0. The van der Waals surface area contributed by atoms with Crippen LogP contribution >= 0.6 is 0 Å². The van der Waals surface area contributed by atoms with E-state index >= 15 is 0 Å². The number of urea groups is 1. The highest BCUT2D eigenvalue weighted by Crippen LogP contribution is 2.38. The van der Waals surface area contributed by atoms with E-state index in [4.69, 9.17) is 0 Å². The molecular weight excluding hydrogens is 390 g/mol. The normalized spacial score (nSPS) is 23.5. The number of imide groups is 1. The van der Waals surface area contributed by atoms with E-state index in [0.29, 0.717) is 17.7 Å². The van der Waals surface area contributed by atoms with Crippen LogP contribution in [0.5, 0.6) is 0 Å². The average Bonchev–Trinajstić information content (AvgIpc) is 3.28. The standard InChI is InChI=1S/C25H25N3O3/c1-16-9-7-8-14-25(16)23(30)28(24(31)27-25)15-20(29)21-18-12-5-6-13-19(18)26-22(21)17-10-3-2-4-11-17/h2-6,10-13,16,26H,7-9,14-15H2,1H3,(H,27,31)/t16-,25-/m1/s1. The van der Waals surface area contributed by atoms with Gasteiger partial charge in [-0.2, -0.15) is 0 Å². The molecule has 2 aromatic carbocycles. The molecule has 2 fully saturated rings. The number of nitrogens with zero attached hydrogens (tertiary/aromatic N) is 1. The Kier molecular flexibility index (Phi) is 4.65. The summed E-state index contributed by atoms with van der Waals surface area (Å²) < 4.78 is 0. The lowest BCUT2D eigenvalue weighted by Gasteiger charge is -2.36. The Bertz CT molecular complexity index is 1180. The van der Waals surface area contributed by atoms with Crippen LogP contribution in [0.4, 0.5) is 4.79 Å². The lowest BCUT2D eigenvalue weighted by atomic mass is 9.73. The summed E-state index contributed by atoms with van der Waals surface area (Å²) in [6.45, 7) is 1.75. The third-order valence-corrected chi connectivity index (χ3v) is 6.85. The van der Waals surface area contributed by atoms with E-state index in [9.17, 15) is 14.4 Å². The molecule has 2 aliphatic rings. The van der Waals surface area contributed by atoms with Gasteiger partial charge in [0.1, 0.15) is 5.54 Å². The molecule has 2 heterocycles. The van der Waals surface area contributed by atoms with Crippen LogP contribution in [0.15, 0.2) is 54.6 Å². The van der Waals surface area contributed by atoms with Gasteiger partial charge in [-0.05, 0) is 30.4 Å². The number of hydrogen-bond acceptors (Lipinski definition) is 3. The number of fused-ring (bicyclic) bond motifs is 1. The zero-order valence-corrected chi connectivity index (χ0v) is 17.5. The van der Waals surface area contributed by atoms with Crippen molar-refractivity contribution >= 4 is 28.6 Å². The third kappa shape index (κ3) is 3.05. The summed E-state index contributed by atoms with van der Waals surface area (Å²) in [6, 6.07) is 16.8. The number of carbonyl (C=O) groups is 3. The highest BCUT2D eigenvalue weighted by Gasteiger charge is 2.55. The second-order valence-electron chi connectivity index (χ2n) is 8.65. The van der Waals surface area contributed by atoms with Crippen LogP contribution < -0.4 is 5.32 Å². The van der Waals surface area contributed by atoms with Crippen LogP contribution in [0.3, 0.4) is 0 Å². The van der Waals surface area contributed by atoms with Gasteiger partial charge >= 0.3 is 6.03 Å². The Morgan fingerprint density at radius 1 is 1.06 bits per heavy atom. The van der Waals surface area contributed by atoms with Crippen molar-refractivity contribution in [3.63, 3.8) is 0 Å². The molecule has 1 aromatic heterocycles. The maximum absolute atomic E-state index is 13.5. The predicted octanol–water partition coefficient (Wildman–Crippen LogP) is 4.52. The van der Waals surface area contributed by atoms with Crippen molar-refractivity contribution in [2.75, 3.05) is 6.54 Å². The minimum Gasteiger partial charge on any atom is -0.354 e. The fourth-order valence-electron chi connectivity index (χ4n) is 5.11. The molecule has 3 aromatic rings. The van der Waals surface area contributed by atoms with Gasteiger partial charge in [-0.15, -0.1) is 0 Å². The quantitative estimate of drug-likeness (QED) is 0.486. The number of amides is 3. The van der Waals surface area contributed by atoms with Gasteiger partial charge in [0.15, 0.2) is 5.78 Å². The number of hydrogen-bond donors (Lipinski definition) is 2. The molecular formula is C25H25N3O3. The van der Waals surface area contributed by atoms with E-state index < -0.39 is 11.6 Å². The van der Waals surface area contributed by atoms with Crippen molar-refractivity contribution in [3.05, 3.63) is 60.2 Å². The zero-order chi connectivity index (χ0) is 21.6. The van der Waals surface area contributed by atoms with E-state index in [0.717, 1.165) is 40.6 Å². The van der Waals surface area contributed by atoms with E-state index in [1.165, 1.54) is 0 Å². The van der Waals surface area contributed by atoms with Gasteiger partial charge in [0, 0.05) is 10.9 Å². The van der Waals surface area contributed by atoms with Crippen molar-refractivity contribution in [2.24, 2.45) is 5.92 Å². The molecule has 3 amide bonds. The van der Waals surface area contributed by atoms with Gasteiger partial charge in [0.25, 0.3) is 5.91 Å². The van der Waals surface area contributed by atoms with Gasteiger partial charge in [-0.1, -0.05) is 68.3 Å². The van der Waals surface area contributed by atoms with Gasteiger partial charge in [0.2, 0.25) is 0 Å². The summed E-state index contributed by atoms with van der Waals surface area (Å²) in [6.07, 6.45) is 3.49. The molecule has 31 heavy (non-hydrogen) atoms. The molecule has 158 valence electrons. The van der Waals surface area contributed by atoms with Crippen LogP contribution in [0.25, 0.3) is 22.2 Å². The van der Waals surface area contributed by atoms with Gasteiger partial charge in [0.05, 0.1) is 17.8 Å². The molecule has 5 rings (SSSR count). The Morgan fingerprint density at radius 3 is 2.58 bits per heavy atom. The average molecular weight is 415 g/mol. The summed E-state index contributed by atoms with van der Waals surface area (Å²) in [4.78, 5) is 44.0. The minimum absolute atomic E-state index is 0.0609. The first-order valence-electron chi connectivity index (χ1n) is 10.8. The molecule has 2 atom stereocenters. The second kappa shape index (κ2) is 7.38. The number of Topliss-reactive ketones (excluding diaryl/α,β-unsaturated/α-hetero) is 1. The van der Waals surface area contributed by atoms with Crippen LogP contribution in [0.1, 0.15) is 43.0 Å². The second-order valence-corrected chi connectivity index (χ2v) is 8.65. The lowest BCUT2D eigenvalue weighted by Crippen LogP contribution is -2.54. The molecule has 2 N–H and O–H groups in total. The van der Waals surface area contributed by atoms with Gasteiger partial charge in [-0.3, -0.25) is 14.5 Å². The first-order chi connectivity index (χ1) is 15.0. The molecule has 1 aliphatic heterocycles. The number of benzene rings is 2. The zero-order valence-electron chi connectivity index (χ0n) is 17.5. The number of H-pyrrole nitrogens is 1. The number of nitrogens with one attached hydrogen (secondary N) is 2. The van der Waals surface area contributed by atoms with Crippen molar-refractivity contribution in [1.29, 1.82) is 0 Å². The minimum atomic E-state index is -0.863. The van der Waals surface area contributed by atoms with Crippen molar-refractivity contribution < 1.29 is 14.4 Å². The summed E-state index contributed by atoms with van der Waals surface area (Å²) in [7, 11) is 0. The molecule has 1 spiro atoms. The number of ketones is 1. The molecule has 0 radical (unpaired) electrons. The van der Waals surface area contributed by atoms with Gasteiger partial charge in [-0.25, -0.2) is 4.79 Å². The Labute approximate surface area is 180 Å². The molecule has 1 saturated heterocycles. The van der Waals surface area contributed by atoms with E-state index in [1.54, 1.807) is 0 Å². The summed E-state index contributed by atoms with van der Waals surface area (Å²) in [5.41, 5.74) is 2.09. The fraction of sp³-hybridized carbons (Fsp3) is 0.320. The maximum atomic E-state index is 13.5. The number of carbonyl (C=O) groups excluding carboxylic acids is 3. The Hall–Kier alpha value is -3.41. The number of aromatic amines is 1. The van der Waals surface area contributed by atoms with E-state index in [1.807, 2.05) is 61.5 Å². The topological polar surface area (TPSA) is 82.3 Å². The number of para-hydroxylation sites is 1. The van der Waals surface area contributed by atoms with Crippen molar-refractivity contribution in [2.45, 2.75) is 38.1 Å². The Morgan fingerprint density at radius 2 is 1.81 bits per heavy atom. The molecule has 6 heteroatoms. The molecule has 0 unspecified atom stereocenters. The smallest absolute Gasteiger partial charge is 0.325 e. The predicted molar refractivity (Wildman–Crippen MR) is 119 cm³/mol. The highest BCUT2D eigenvalue weighted by atomic mass is 16.2. The Balaban J connectivity index is 1.51. The third-order valence-electron chi connectivity index (χ3n) is 6.85. The fourth-order valence-corrected chi connectivity index (χ4v) is 5.11. The molecule has 1 saturated carbocycles. The van der Waals surface area contributed by atoms with Crippen molar-refractivity contribution in [1.82, 2.24) is 15.2 Å². The summed E-state index contributed by atoms with van der Waals surface area (Å²) in [5.74, 6) is -0.453. The molecule has 1 aliphatic carbocycles. The monoisotopic (exact) mass is 415 g/mol. The molecule has 0 bridgehead atoms. The van der Waals surface area contributed by atoms with Crippen LogP contribution in [-0.2, 0) is 4.79 Å². The first kappa shape index (κ1) is 19.5. The van der Waals surface area contributed by atoms with Crippen LogP contribution in [0, 0.1) is 5.92 Å². The first-order valence-corrected chi connectivity index (χ1v) is 10.8. The van der Waals surface area contributed by atoms with Crippen LogP contribution in [0.2, 0.25) is 0 Å². The van der Waals surface area contributed by atoms with Crippen molar-refractivity contribution in [3.8, 4) is 11.3 Å². The lowest BCUT2D eigenvalue weighted by molar-refractivity contribution is -0.133. The maximum Gasteiger partial charge on any atom is 0.325 e.